The quantitative estimate of drug-likeness (QED) is 0.487. The van der Waals surface area contributed by atoms with Gasteiger partial charge in [-0.25, -0.2) is 0 Å². The van der Waals surface area contributed by atoms with Crippen molar-refractivity contribution in [3.8, 4) is 11.8 Å². The van der Waals surface area contributed by atoms with Crippen molar-refractivity contribution in [2.45, 2.75) is 6.42 Å². The summed E-state index contributed by atoms with van der Waals surface area (Å²) in [5, 5.41) is 19.3. The van der Waals surface area contributed by atoms with E-state index in [1.165, 1.54) is 13.2 Å². The van der Waals surface area contributed by atoms with Gasteiger partial charge in [-0.2, -0.15) is 5.26 Å². The monoisotopic (exact) mass is 318 g/mol. The number of hydrogen-bond donors (Lipinski definition) is 0. The highest BCUT2D eigenvalue weighted by Crippen LogP contribution is 2.33. The molecule has 0 spiro atoms. The van der Waals surface area contributed by atoms with Crippen molar-refractivity contribution in [1.82, 2.24) is 0 Å². The average molecular weight is 318 g/mol. The molecule has 0 heterocycles. The Morgan fingerprint density at radius 2 is 2.33 bits per heavy atom. The molecule has 0 amide bonds. The summed E-state index contributed by atoms with van der Waals surface area (Å²) in [4.78, 5) is 10.2. The van der Waals surface area contributed by atoms with E-state index in [4.69, 9.17) is 10.00 Å². The Kier molecular flexibility index (Phi) is 3.85. The van der Waals surface area contributed by atoms with Gasteiger partial charge in [0.2, 0.25) is 0 Å². The molecule has 1 rings (SSSR count). The molecule has 1 aromatic rings. The largest absolute Gasteiger partial charge is 0.490 e. The van der Waals surface area contributed by atoms with Gasteiger partial charge in [-0.05, 0) is 40.3 Å². The topological polar surface area (TPSA) is 76.2 Å². The molecule has 78 valence electrons. The van der Waals surface area contributed by atoms with Crippen LogP contribution in [0.5, 0.6) is 5.75 Å². The summed E-state index contributed by atoms with van der Waals surface area (Å²) >= 11 is 1.86. The number of methoxy groups -OCH3 is 1. The first kappa shape index (κ1) is 11.7. The van der Waals surface area contributed by atoms with E-state index in [-0.39, 0.29) is 17.9 Å². The summed E-state index contributed by atoms with van der Waals surface area (Å²) < 4.78 is 5.39. The van der Waals surface area contributed by atoms with Gasteiger partial charge in [-0.1, -0.05) is 0 Å². The zero-order valence-corrected chi connectivity index (χ0v) is 10.0. The lowest BCUT2D eigenvalue weighted by molar-refractivity contribution is -0.386. The number of nitriles is 1. The summed E-state index contributed by atoms with van der Waals surface area (Å²) in [6, 6.07) is 5.12. The van der Waals surface area contributed by atoms with Gasteiger partial charge in [0.15, 0.2) is 5.75 Å². The van der Waals surface area contributed by atoms with Crippen LogP contribution in [0.15, 0.2) is 12.1 Å². The minimum absolute atomic E-state index is 0.0558. The Bertz CT molecular complexity index is 440. The van der Waals surface area contributed by atoms with Crippen molar-refractivity contribution in [3.05, 3.63) is 31.4 Å². The van der Waals surface area contributed by atoms with Crippen LogP contribution >= 0.6 is 22.6 Å². The third kappa shape index (κ3) is 2.56. The second kappa shape index (κ2) is 4.93. The molecule has 0 bridgehead atoms. The lowest BCUT2D eigenvalue weighted by Crippen LogP contribution is -1.98. The van der Waals surface area contributed by atoms with Crippen LogP contribution < -0.4 is 4.74 Å². The number of ether oxygens (including phenoxy) is 1. The van der Waals surface area contributed by atoms with Crippen molar-refractivity contribution in [2.24, 2.45) is 0 Å². The lowest BCUT2D eigenvalue weighted by atomic mass is 10.1. The van der Waals surface area contributed by atoms with E-state index >= 15 is 0 Å². The van der Waals surface area contributed by atoms with Crippen LogP contribution in [0, 0.1) is 25.0 Å². The number of nitro groups is 1. The number of nitrogens with zero attached hydrogens (tertiary/aromatic N) is 2. The molecule has 5 nitrogen and oxygen atoms in total. The van der Waals surface area contributed by atoms with E-state index in [2.05, 4.69) is 0 Å². The highest BCUT2D eigenvalue weighted by atomic mass is 127. The van der Waals surface area contributed by atoms with Crippen molar-refractivity contribution in [3.63, 3.8) is 0 Å². The molecule has 6 heteroatoms. The molecule has 0 unspecified atom stereocenters. The first-order valence-corrected chi connectivity index (χ1v) is 5.05. The molecular weight excluding hydrogens is 311 g/mol. The summed E-state index contributed by atoms with van der Waals surface area (Å²) in [5.41, 5.74) is 0.657. The normalized spacial score (nSPS) is 9.40. The smallest absolute Gasteiger partial charge is 0.324 e. The van der Waals surface area contributed by atoms with E-state index in [0.29, 0.717) is 9.13 Å². The standard InChI is InChI=1S/C9H7IN2O3/c1-15-8-5-6(2-3-11)4-7(10)9(8)12(13)14/h4-5H,2H2,1H3. The molecule has 0 saturated heterocycles. The molecule has 1 aromatic carbocycles. The molecule has 0 aliphatic carbocycles. The Morgan fingerprint density at radius 1 is 1.67 bits per heavy atom. The van der Waals surface area contributed by atoms with E-state index in [1.807, 2.05) is 28.7 Å². The average Bonchev–Trinajstić information content (AvgIpc) is 2.16. The van der Waals surface area contributed by atoms with E-state index in [9.17, 15) is 10.1 Å². The number of rotatable bonds is 3. The third-order valence-corrected chi connectivity index (χ3v) is 2.60. The van der Waals surface area contributed by atoms with Crippen molar-refractivity contribution in [2.75, 3.05) is 7.11 Å². The Hall–Kier alpha value is -1.36. The molecule has 0 fully saturated rings. The van der Waals surface area contributed by atoms with Crippen molar-refractivity contribution < 1.29 is 9.66 Å². The fraction of sp³-hybridized carbons (Fsp3) is 0.222. The first-order valence-electron chi connectivity index (χ1n) is 3.98. The van der Waals surface area contributed by atoms with Gasteiger partial charge < -0.3 is 4.74 Å². The van der Waals surface area contributed by atoms with Crippen LogP contribution in [0.25, 0.3) is 0 Å². The third-order valence-electron chi connectivity index (χ3n) is 1.77. The number of hydrogen-bond acceptors (Lipinski definition) is 4. The lowest BCUT2D eigenvalue weighted by Gasteiger charge is -2.05. The molecule has 0 aliphatic heterocycles. The zero-order valence-electron chi connectivity index (χ0n) is 7.86. The highest BCUT2D eigenvalue weighted by Gasteiger charge is 2.20. The van der Waals surface area contributed by atoms with Gasteiger partial charge in [-0.15, -0.1) is 0 Å². The molecule has 0 aliphatic rings. The van der Waals surface area contributed by atoms with Gasteiger partial charge >= 0.3 is 5.69 Å². The molecule has 0 radical (unpaired) electrons. The van der Waals surface area contributed by atoms with Gasteiger partial charge in [0.25, 0.3) is 0 Å². The summed E-state index contributed by atoms with van der Waals surface area (Å²) in [6.45, 7) is 0. The van der Waals surface area contributed by atoms with E-state index < -0.39 is 4.92 Å². The second-order valence-corrected chi connectivity index (χ2v) is 3.88. The van der Waals surface area contributed by atoms with Crippen molar-refractivity contribution in [1.29, 1.82) is 5.26 Å². The molecule has 15 heavy (non-hydrogen) atoms. The highest BCUT2D eigenvalue weighted by molar-refractivity contribution is 14.1. The summed E-state index contributed by atoms with van der Waals surface area (Å²) in [7, 11) is 1.37. The van der Waals surface area contributed by atoms with Crippen LogP contribution in [0.2, 0.25) is 0 Å². The SMILES string of the molecule is COc1cc(CC#N)cc(I)c1[N+](=O)[O-]. The van der Waals surface area contributed by atoms with Crippen LogP contribution in [-0.4, -0.2) is 12.0 Å². The molecule has 0 N–H and O–H groups in total. The summed E-state index contributed by atoms with van der Waals surface area (Å²) in [5.74, 6) is 0.192. The first-order chi connectivity index (χ1) is 7.10. The second-order valence-electron chi connectivity index (χ2n) is 2.72. The van der Waals surface area contributed by atoms with Gasteiger partial charge in [0, 0.05) is 0 Å². The maximum absolute atomic E-state index is 10.7. The maximum atomic E-state index is 10.7. The van der Waals surface area contributed by atoms with Gasteiger partial charge in [0.05, 0.1) is 28.1 Å². The van der Waals surface area contributed by atoms with Gasteiger partial charge in [-0.3, -0.25) is 10.1 Å². The van der Waals surface area contributed by atoms with Crippen LogP contribution in [0.1, 0.15) is 5.56 Å². The van der Waals surface area contributed by atoms with E-state index in [1.54, 1.807) is 6.07 Å². The predicted octanol–water partition coefficient (Wildman–Crippen LogP) is 2.27. The molecular formula is C9H7IN2O3. The minimum atomic E-state index is -0.489. The molecule has 0 aromatic heterocycles. The number of nitro benzene ring substituents is 1. The Morgan fingerprint density at radius 3 is 2.80 bits per heavy atom. The Labute approximate surface area is 99.9 Å². The fourth-order valence-corrected chi connectivity index (χ4v) is 2.02. The number of halogens is 1. The van der Waals surface area contributed by atoms with Crippen LogP contribution in [0.4, 0.5) is 5.69 Å². The predicted molar refractivity (Wildman–Crippen MR) is 61.7 cm³/mol. The maximum Gasteiger partial charge on any atom is 0.324 e. The van der Waals surface area contributed by atoms with Crippen molar-refractivity contribution >= 4 is 28.3 Å². The molecule has 0 saturated carbocycles. The van der Waals surface area contributed by atoms with E-state index in [0.717, 1.165) is 0 Å². The minimum Gasteiger partial charge on any atom is -0.490 e. The van der Waals surface area contributed by atoms with Crippen LogP contribution in [0.3, 0.4) is 0 Å². The van der Waals surface area contributed by atoms with Crippen LogP contribution in [-0.2, 0) is 6.42 Å². The summed E-state index contributed by atoms with van der Waals surface area (Å²) in [6.07, 6.45) is 0.213. The van der Waals surface area contributed by atoms with Gasteiger partial charge in [0.1, 0.15) is 0 Å². The Balaban J connectivity index is 3.32. The fourth-order valence-electron chi connectivity index (χ4n) is 1.15. The number of benzene rings is 1. The zero-order chi connectivity index (χ0) is 11.4. The molecule has 0 atom stereocenters.